The van der Waals surface area contributed by atoms with Crippen LogP contribution < -0.4 is 5.32 Å². The first-order valence-corrected chi connectivity index (χ1v) is 5.68. The Morgan fingerprint density at radius 1 is 1.50 bits per heavy atom. The molecule has 0 spiro atoms. The van der Waals surface area contributed by atoms with Gasteiger partial charge in [0.15, 0.2) is 0 Å². The molecule has 1 fully saturated rings. The van der Waals surface area contributed by atoms with E-state index in [1.165, 1.54) is 6.42 Å². The number of carbonyl (C=O) groups is 1. The summed E-state index contributed by atoms with van der Waals surface area (Å²) in [6.07, 6.45) is 5.28. The van der Waals surface area contributed by atoms with Crippen LogP contribution in [-0.4, -0.2) is 35.4 Å². The first-order valence-electron chi connectivity index (χ1n) is 5.68. The highest BCUT2D eigenvalue weighted by Gasteiger charge is 2.14. The molecule has 0 aromatic carbocycles. The van der Waals surface area contributed by atoms with E-state index in [0.717, 1.165) is 30.9 Å². The van der Waals surface area contributed by atoms with E-state index >= 15 is 0 Å². The first-order chi connectivity index (χ1) is 7.74. The lowest BCUT2D eigenvalue weighted by molar-refractivity contribution is -0.116. The molecule has 0 bridgehead atoms. The van der Waals surface area contributed by atoms with Crippen LogP contribution in [0.25, 0.3) is 0 Å². The van der Waals surface area contributed by atoms with E-state index in [-0.39, 0.29) is 5.91 Å². The van der Waals surface area contributed by atoms with Gasteiger partial charge in [-0.3, -0.25) is 9.78 Å². The summed E-state index contributed by atoms with van der Waals surface area (Å²) in [6.45, 7) is 5.10. The van der Waals surface area contributed by atoms with Gasteiger partial charge in [-0.15, -0.1) is 0 Å². The summed E-state index contributed by atoms with van der Waals surface area (Å²) in [5, 5.41) is 2.86. The van der Waals surface area contributed by atoms with Gasteiger partial charge in [-0.25, -0.2) is 0 Å². The lowest BCUT2D eigenvalue weighted by atomic mass is 10.2. The smallest absolute Gasteiger partial charge is 0.225 e. The van der Waals surface area contributed by atoms with Crippen LogP contribution in [0.5, 0.6) is 0 Å². The van der Waals surface area contributed by atoms with Gasteiger partial charge >= 0.3 is 0 Å². The van der Waals surface area contributed by atoms with Crippen molar-refractivity contribution in [2.75, 3.05) is 25.0 Å². The number of hydrogen-bond acceptors (Lipinski definition) is 3. The highest BCUT2D eigenvalue weighted by Crippen LogP contribution is 2.09. The van der Waals surface area contributed by atoms with Gasteiger partial charge in [0.1, 0.15) is 0 Å². The Labute approximate surface area is 95.7 Å². The van der Waals surface area contributed by atoms with Crippen molar-refractivity contribution in [1.82, 2.24) is 9.88 Å². The van der Waals surface area contributed by atoms with Crippen LogP contribution >= 0.6 is 0 Å². The van der Waals surface area contributed by atoms with Crippen molar-refractivity contribution in [3.8, 4) is 0 Å². The van der Waals surface area contributed by atoms with Crippen LogP contribution in [-0.2, 0) is 4.79 Å². The monoisotopic (exact) mass is 219 g/mol. The van der Waals surface area contributed by atoms with Crippen molar-refractivity contribution in [3.63, 3.8) is 0 Å². The summed E-state index contributed by atoms with van der Waals surface area (Å²) in [7, 11) is 0. The number of aryl methyl sites for hydroxylation is 1. The highest BCUT2D eigenvalue weighted by molar-refractivity contribution is 5.90. The zero-order chi connectivity index (χ0) is 11.4. The molecular weight excluding hydrogens is 202 g/mol. The number of hydrogen-bond donors (Lipinski definition) is 1. The molecule has 1 saturated heterocycles. The van der Waals surface area contributed by atoms with Crippen molar-refractivity contribution < 1.29 is 4.79 Å². The number of likely N-dealkylation sites (tertiary alicyclic amines) is 1. The SMILES string of the molecule is Cc1cncc(NC(=O)CCN2CCC2)c1. The molecule has 4 heteroatoms. The van der Waals surface area contributed by atoms with Crippen molar-refractivity contribution >= 4 is 11.6 Å². The Bertz CT molecular complexity index is 374. The van der Waals surface area contributed by atoms with Crippen molar-refractivity contribution in [2.24, 2.45) is 0 Å². The van der Waals surface area contributed by atoms with Gasteiger partial charge in [0.05, 0.1) is 11.9 Å². The molecule has 16 heavy (non-hydrogen) atoms. The Balaban J connectivity index is 1.77. The number of nitrogens with one attached hydrogen (secondary N) is 1. The molecule has 2 rings (SSSR count). The van der Waals surface area contributed by atoms with Gasteiger partial charge in [0.25, 0.3) is 0 Å². The number of pyridine rings is 1. The highest BCUT2D eigenvalue weighted by atomic mass is 16.1. The van der Waals surface area contributed by atoms with Gasteiger partial charge in [-0.05, 0) is 38.1 Å². The normalized spacial score (nSPS) is 15.6. The molecule has 1 N–H and O–H groups in total. The lowest BCUT2D eigenvalue weighted by Crippen LogP contribution is -2.38. The molecule has 4 nitrogen and oxygen atoms in total. The molecule has 1 amide bonds. The molecule has 1 aliphatic rings. The van der Waals surface area contributed by atoms with Crippen LogP contribution in [0.4, 0.5) is 5.69 Å². The largest absolute Gasteiger partial charge is 0.325 e. The van der Waals surface area contributed by atoms with Gasteiger partial charge in [-0.1, -0.05) is 0 Å². The molecule has 0 unspecified atom stereocenters. The maximum absolute atomic E-state index is 11.6. The minimum Gasteiger partial charge on any atom is -0.325 e. The minimum atomic E-state index is 0.0688. The number of rotatable bonds is 4. The molecule has 1 aliphatic heterocycles. The lowest BCUT2D eigenvalue weighted by Gasteiger charge is -2.30. The summed E-state index contributed by atoms with van der Waals surface area (Å²) >= 11 is 0. The average Bonchev–Trinajstić information content (AvgIpc) is 2.15. The number of aromatic nitrogens is 1. The molecule has 1 aromatic rings. The van der Waals surface area contributed by atoms with Crippen LogP contribution in [0.15, 0.2) is 18.5 Å². The fraction of sp³-hybridized carbons (Fsp3) is 0.500. The molecule has 0 radical (unpaired) electrons. The van der Waals surface area contributed by atoms with Gasteiger partial charge in [0.2, 0.25) is 5.91 Å². The molecule has 0 atom stereocenters. The maximum atomic E-state index is 11.6. The molecular formula is C12H17N3O. The minimum absolute atomic E-state index is 0.0688. The summed E-state index contributed by atoms with van der Waals surface area (Å²) in [5.41, 5.74) is 1.84. The topological polar surface area (TPSA) is 45.2 Å². The molecule has 2 heterocycles. The Morgan fingerprint density at radius 3 is 2.94 bits per heavy atom. The van der Waals surface area contributed by atoms with Gasteiger partial charge in [-0.2, -0.15) is 0 Å². The van der Waals surface area contributed by atoms with E-state index in [0.29, 0.717) is 6.42 Å². The van der Waals surface area contributed by atoms with E-state index < -0.39 is 0 Å². The number of carbonyl (C=O) groups excluding carboxylic acids is 1. The quantitative estimate of drug-likeness (QED) is 0.833. The first kappa shape index (κ1) is 11.1. The number of nitrogens with zero attached hydrogens (tertiary/aromatic N) is 2. The van der Waals surface area contributed by atoms with Crippen LogP contribution in [0.3, 0.4) is 0 Å². The van der Waals surface area contributed by atoms with Crippen molar-refractivity contribution in [1.29, 1.82) is 0 Å². The average molecular weight is 219 g/mol. The fourth-order valence-corrected chi connectivity index (χ4v) is 1.71. The van der Waals surface area contributed by atoms with E-state index in [2.05, 4.69) is 15.2 Å². The molecule has 86 valence electrons. The molecule has 1 aromatic heterocycles. The second kappa shape index (κ2) is 5.07. The standard InChI is InChI=1S/C12H17N3O/c1-10-7-11(9-13-8-10)14-12(16)3-6-15-4-2-5-15/h7-9H,2-6H2,1H3,(H,14,16). The second-order valence-corrected chi connectivity index (χ2v) is 4.24. The summed E-state index contributed by atoms with van der Waals surface area (Å²) < 4.78 is 0. The predicted octanol–water partition coefficient (Wildman–Crippen LogP) is 1.42. The predicted molar refractivity (Wildman–Crippen MR) is 63.3 cm³/mol. The van der Waals surface area contributed by atoms with Crippen LogP contribution in [0.2, 0.25) is 0 Å². The fourth-order valence-electron chi connectivity index (χ4n) is 1.71. The Kier molecular flexibility index (Phi) is 3.51. The summed E-state index contributed by atoms with van der Waals surface area (Å²) in [4.78, 5) is 17.9. The van der Waals surface area contributed by atoms with Crippen LogP contribution in [0.1, 0.15) is 18.4 Å². The molecule has 0 aliphatic carbocycles. The zero-order valence-electron chi connectivity index (χ0n) is 9.57. The summed E-state index contributed by atoms with van der Waals surface area (Å²) in [6, 6.07) is 1.93. The number of amides is 1. The van der Waals surface area contributed by atoms with E-state index in [9.17, 15) is 4.79 Å². The van der Waals surface area contributed by atoms with E-state index in [1.807, 2.05) is 13.0 Å². The van der Waals surface area contributed by atoms with Crippen molar-refractivity contribution in [2.45, 2.75) is 19.8 Å². The number of anilines is 1. The second-order valence-electron chi connectivity index (χ2n) is 4.24. The van der Waals surface area contributed by atoms with Crippen molar-refractivity contribution in [3.05, 3.63) is 24.0 Å². The van der Waals surface area contributed by atoms with Gasteiger partial charge < -0.3 is 10.2 Å². The van der Waals surface area contributed by atoms with Gasteiger partial charge in [0, 0.05) is 19.2 Å². The van der Waals surface area contributed by atoms with Crippen LogP contribution in [0, 0.1) is 6.92 Å². The Morgan fingerprint density at radius 2 is 2.31 bits per heavy atom. The third kappa shape index (κ3) is 3.03. The zero-order valence-corrected chi connectivity index (χ0v) is 9.57. The van der Waals surface area contributed by atoms with E-state index in [4.69, 9.17) is 0 Å². The third-order valence-electron chi connectivity index (χ3n) is 2.76. The van der Waals surface area contributed by atoms with E-state index in [1.54, 1.807) is 12.4 Å². The summed E-state index contributed by atoms with van der Waals surface area (Å²) in [5.74, 6) is 0.0688. The molecule has 0 saturated carbocycles. The third-order valence-corrected chi connectivity index (χ3v) is 2.76. The maximum Gasteiger partial charge on any atom is 0.225 e. The Hall–Kier alpha value is -1.42.